The van der Waals surface area contributed by atoms with E-state index < -0.39 is 24.1 Å². The number of rotatable bonds is 4. The molecule has 3 aromatic rings. The van der Waals surface area contributed by atoms with Crippen LogP contribution in [0.15, 0.2) is 36.4 Å². The lowest BCUT2D eigenvalue weighted by Crippen LogP contribution is -2.37. The van der Waals surface area contributed by atoms with E-state index in [2.05, 4.69) is 15.4 Å². The van der Waals surface area contributed by atoms with Gasteiger partial charge in [0.15, 0.2) is 6.61 Å². The Labute approximate surface area is 209 Å². The van der Waals surface area contributed by atoms with Crippen LogP contribution < -0.4 is 4.74 Å². The number of hydrogen-bond donors (Lipinski definition) is 1. The Balaban J connectivity index is 1.17. The van der Waals surface area contributed by atoms with Crippen LogP contribution in [0, 0.1) is 11.8 Å². The zero-order chi connectivity index (χ0) is 25.4. The first kappa shape index (κ1) is 24.4. The molecule has 36 heavy (non-hydrogen) atoms. The molecule has 1 N–H and O–H groups in total. The molecule has 0 bridgehead atoms. The molecule has 12 heteroatoms. The molecule has 8 nitrogen and oxygen atoms in total. The van der Waals surface area contributed by atoms with Crippen molar-refractivity contribution >= 4 is 34.4 Å². The van der Waals surface area contributed by atoms with Crippen molar-refractivity contribution in [1.82, 2.24) is 25.2 Å². The highest BCUT2D eigenvalue weighted by Gasteiger charge is 2.38. The summed E-state index contributed by atoms with van der Waals surface area (Å²) in [6.07, 6.45) is -3.21. The minimum Gasteiger partial charge on any atom is -0.483 e. The first-order chi connectivity index (χ1) is 17.2. The van der Waals surface area contributed by atoms with Gasteiger partial charge in [-0.25, -0.2) is 0 Å². The SMILES string of the molecule is O=C(COc1cc(Cl)ccc1C(F)(F)F)N1CC[C@@H]2CN(C(=O)c3ccc4n[nH]nc4c3)C[C@@H]2CC1. The van der Waals surface area contributed by atoms with Gasteiger partial charge in [-0.05, 0) is 61.1 Å². The molecule has 190 valence electrons. The summed E-state index contributed by atoms with van der Waals surface area (Å²) in [5.41, 5.74) is 0.904. The van der Waals surface area contributed by atoms with Crippen LogP contribution in [-0.2, 0) is 11.0 Å². The van der Waals surface area contributed by atoms with Gasteiger partial charge in [0.2, 0.25) is 0 Å². The van der Waals surface area contributed by atoms with E-state index >= 15 is 0 Å². The van der Waals surface area contributed by atoms with Gasteiger partial charge in [-0.15, -0.1) is 0 Å². The third-order valence-corrected chi connectivity index (χ3v) is 7.15. The maximum atomic E-state index is 13.2. The summed E-state index contributed by atoms with van der Waals surface area (Å²) in [5, 5.41) is 10.7. The van der Waals surface area contributed by atoms with Crippen LogP contribution in [0.3, 0.4) is 0 Å². The van der Waals surface area contributed by atoms with E-state index in [9.17, 15) is 22.8 Å². The largest absolute Gasteiger partial charge is 0.483 e. The molecule has 2 aromatic carbocycles. The van der Waals surface area contributed by atoms with Crippen LogP contribution in [0.5, 0.6) is 5.75 Å². The van der Waals surface area contributed by atoms with Crippen molar-refractivity contribution in [2.45, 2.75) is 19.0 Å². The summed E-state index contributed by atoms with van der Waals surface area (Å²) in [4.78, 5) is 29.3. The molecule has 2 saturated heterocycles. The highest BCUT2D eigenvalue weighted by atomic mass is 35.5. The number of hydrogen-bond acceptors (Lipinski definition) is 5. The van der Waals surface area contributed by atoms with E-state index in [0.29, 0.717) is 55.6 Å². The van der Waals surface area contributed by atoms with Gasteiger partial charge in [-0.1, -0.05) is 11.6 Å². The molecule has 0 radical (unpaired) electrons. The van der Waals surface area contributed by atoms with Gasteiger partial charge in [0.1, 0.15) is 16.8 Å². The molecule has 2 atom stereocenters. The lowest BCUT2D eigenvalue weighted by molar-refractivity contribution is -0.141. The molecule has 2 amide bonds. The minimum absolute atomic E-state index is 0.0590. The van der Waals surface area contributed by atoms with E-state index in [4.69, 9.17) is 16.3 Å². The fourth-order valence-corrected chi connectivity index (χ4v) is 5.16. The predicted molar refractivity (Wildman–Crippen MR) is 125 cm³/mol. The number of halogens is 4. The summed E-state index contributed by atoms with van der Waals surface area (Å²) in [5.74, 6) is -0.414. The molecule has 0 saturated carbocycles. The maximum Gasteiger partial charge on any atom is 0.419 e. The first-order valence-corrected chi connectivity index (χ1v) is 11.9. The topological polar surface area (TPSA) is 91.4 Å². The number of ether oxygens (including phenoxy) is 1. The number of fused-ring (bicyclic) bond motifs is 2. The fraction of sp³-hybridized carbons (Fsp3) is 0.417. The number of carbonyl (C=O) groups excluding carboxylic acids is 2. The number of likely N-dealkylation sites (tertiary alicyclic amines) is 2. The molecule has 2 fully saturated rings. The van der Waals surface area contributed by atoms with E-state index in [0.717, 1.165) is 18.2 Å². The van der Waals surface area contributed by atoms with Crippen molar-refractivity contribution in [3.8, 4) is 5.75 Å². The first-order valence-electron chi connectivity index (χ1n) is 11.6. The van der Waals surface area contributed by atoms with Crippen LogP contribution in [0.2, 0.25) is 5.02 Å². The quantitative estimate of drug-likeness (QED) is 0.560. The maximum absolute atomic E-state index is 13.2. The summed E-state index contributed by atoms with van der Waals surface area (Å²) >= 11 is 5.82. The van der Waals surface area contributed by atoms with Crippen molar-refractivity contribution in [3.05, 3.63) is 52.5 Å². The second-order valence-electron chi connectivity index (χ2n) is 9.14. The summed E-state index contributed by atoms with van der Waals surface area (Å²) in [7, 11) is 0. The van der Waals surface area contributed by atoms with E-state index in [1.165, 1.54) is 0 Å². The van der Waals surface area contributed by atoms with E-state index in [-0.39, 0.29) is 28.7 Å². The molecule has 2 aliphatic rings. The Kier molecular flexibility index (Phi) is 6.50. The number of nitrogens with one attached hydrogen (secondary N) is 1. The van der Waals surface area contributed by atoms with Crippen molar-refractivity contribution in [1.29, 1.82) is 0 Å². The molecule has 0 spiro atoms. The summed E-state index contributed by atoms with van der Waals surface area (Å²) in [6, 6.07) is 8.26. The Bertz CT molecular complexity index is 1280. The molecule has 5 rings (SSSR count). The zero-order valence-electron chi connectivity index (χ0n) is 19.1. The average molecular weight is 522 g/mol. The molecule has 0 aliphatic carbocycles. The summed E-state index contributed by atoms with van der Waals surface area (Å²) < 4.78 is 45.0. The highest BCUT2D eigenvalue weighted by molar-refractivity contribution is 6.30. The third-order valence-electron chi connectivity index (χ3n) is 6.92. The van der Waals surface area contributed by atoms with Gasteiger partial charge in [0.25, 0.3) is 11.8 Å². The predicted octanol–water partition coefficient (Wildman–Crippen LogP) is 4.02. The molecular weight excluding hydrogens is 499 g/mol. The van der Waals surface area contributed by atoms with Crippen LogP contribution >= 0.6 is 11.6 Å². The van der Waals surface area contributed by atoms with E-state index in [1.54, 1.807) is 23.1 Å². The van der Waals surface area contributed by atoms with Gasteiger partial charge in [-0.3, -0.25) is 9.59 Å². The Morgan fingerprint density at radius 2 is 1.69 bits per heavy atom. The number of amides is 2. The second kappa shape index (κ2) is 9.61. The van der Waals surface area contributed by atoms with Gasteiger partial charge in [-0.2, -0.15) is 28.6 Å². The number of benzene rings is 2. The molecule has 0 unspecified atom stereocenters. The van der Waals surface area contributed by atoms with Gasteiger partial charge < -0.3 is 14.5 Å². The van der Waals surface area contributed by atoms with Crippen molar-refractivity contribution in [2.75, 3.05) is 32.8 Å². The number of H-pyrrole nitrogens is 1. The standard InChI is InChI=1S/C24H23ClF3N5O3/c25-17-2-3-18(24(26,27)28)21(10-17)36-13-22(34)32-7-5-15-11-33(12-16(15)6-8-32)23(35)14-1-4-19-20(9-14)30-31-29-19/h1-4,9-10,15-16H,5-8,11-13H2,(H,29,30,31)/t15-,16+. The normalized spacial score (nSPS) is 20.3. The lowest BCUT2D eigenvalue weighted by Gasteiger charge is -2.23. The zero-order valence-corrected chi connectivity index (χ0v) is 19.8. The van der Waals surface area contributed by atoms with Gasteiger partial charge in [0.05, 0.1) is 5.56 Å². The van der Waals surface area contributed by atoms with Crippen LogP contribution in [0.1, 0.15) is 28.8 Å². The Hall–Kier alpha value is -3.34. The minimum atomic E-state index is -4.62. The van der Waals surface area contributed by atoms with Crippen LogP contribution in [-0.4, -0.2) is 69.8 Å². The van der Waals surface area contributed by atoms with Gasteiger partial charge in [0, 0.05) is 36.8 Å². The number of carbonyl (C=O) groups is 2. The summed E-state index contributed by atoms with van der Waals surface area (Å²) in [6.45, 7) is 1.59. The van der Waals surface area contributed by atoms with Crippen LogP contribution in [0.4, 0.5) is 13.2 Å². The number of alkyl halides is 3. The number of nitrogens with zero attached hydrogens (tertiary/aromatic N) is 4. The van der Waals surface area contributed by atoms with Crippen molar-refractivity contribution in [3.63, 3.8) is 0 Å². The molecule has 3 heterocycles. The lowest BCUT2D eigenvalue weighted by atomic mass is 9.92. The molecular formula is C24H23ClF3N5O3. The van der Waals surface area contributed by atoms with Crippen molar-refractivity contribution < 1.29 is 27.5 Å². The second-order valence-corrected chi connectivity index (χ2v) is 9.58. The average Bonchev–Trinajstić information content (AvgIpc) is 3.43. The van der Waals surface area contributed by atoms with Crippen LogP contribution in [0.25, 0.3) is 11.0 Å². The monoisotopic (exact) mass is 521 g/mol. The third kappa shape index (κ3) is 4.97. The smallest absolute Gasteiger partial charge is 0.419 e. The van der Waals surface area contributed by atoms with Gasteiger partial charge >= 0.3 is 6.18 Å². The Morgan fingerprint density at radius 3 is 2.39 bits per heavy atom. The van der Waals surface area contributed by atoms with Crippen molar-refractivity contribution in [2.24, 2.45) is 11.8 Å². The molecule has 1 aromatic heterocycles. The Morgan fingerprint density at radius 1 is 1.00 bits per heavy atom. The van der Waals surface area contributed by atoms with E-state index in [1.807, 2.05) is 4.90 Å². The number of aromatic amines is 1. The molecule has 2 aliphatic heterocycles. The number of aromatic nitrogens is 3. The highest BCUT2D eigenvalue weighted by Crippen LogP contribution is 2.38. The fourth-order valence-electron chi connectivity index (χ4n) is 5.00.